The molecule has 6 heavy (non-hydrogen) atoms. The normalized spacial score (nSPS) is 10.0. The second kappa shape index (κ2) is 3.70. The van der Waals surface area contributed by atoms with E-state index in [9.17, 15) is 4.80 Å². The van der Waals surface area contributed by atoms with E-state index < -0.39 is 8.80 Å². The zero-order valence-corrected chi connectivity index (χ0v) is 7.93. The maximum Gasteiger partial charge on any atom is 1.00 e. The number of hydrogen-bond donors (Lipinski definition) is 2. The zero-order valence-electron chi connectivity index (χ0n) is 3.80. The molecule has 0 unspecified atom stereocenters. The molecule has 0 fully saturated rings. The van der Waals surface area contributed by atoms with Crippen molar-refractivity contribution < 1.29 is 65.8 Å². The maximum atomic E-state index is 9.35. The van der Waals surface area contributed by atoms with E-state index in [0.717, 1.165) is 6.55 Å². The largest absolute Gasteiger partial charge is 1.00 e. The molecular weight excluding hydrogens is 127 g/mol. The fourth-order valence-electron chi connectivity index (χ4n) is 0. The molecule has 0 rings (SSSR count). The monoisotopic (exact) mass is 132 g/mol. The van der Waals surface area contributed by atoms with Gasteiger partial charge < -0.3 is 14.4 Å². The van der Waals surface area contributed by atoms with Crippen LogP contribution in [0.3, 0.4) is 0 Å². The van der Waals surface area contributed by atoms with Crippen LogP contribution >= 0.6 is 0 Å². The second-order valence-corrected chi connectivity index (χ2v) is 2.80. The van der Waals surface area contributed by atoms with Crippen LogP contribution < -0.4 is 56.2 Å². The summed E-state index contributed by atoms with van der Waals surface area (Å²) in [6.45, 7) is 0.882. The van der Waals surface area contributed by atoms with Crippen LogP contribution in [-0.2, 0) is 0 Å². The van der Waals surface area contributed by atoms with Gasteiger partial charge >= 0.3 is 51.4 Å². The predicted octanol–water partition coefficient (Wildman–Crippen LogP) is -5.10. The summed E-state index contributed by atoms with van der Waals surface area (Å²) in [5.74, 6) is 0. The molecule has 0 spiro atoms. The minimum Gasteiger partial charge on any atom is -0.817 e. The quantitative estimate of drug-likeness (QED) is 0.324. The van der Waals surface area contributed by atoms with Crippen molar-refractivity contribution in [3.8, 4) is 0 Å². The van der Waals surface area contributed by atoms with Crippen LogP contribution in [0.5, 0.6) is 0 Å². The van der Waals surface area contributed by atoms with Gasteiger partial charge in [0, 0.05) is 0 Å². The average molecular weight is 132 g/mol. The summed E-state index contributed by atoms with van der Waals surface area (Å²) >= 11 is 0. The molecule has 0 radical (unpaired) electrons. The van der Waals surface area contributed by atoms with E-state index >= 15 is 0 Å². The van der Waals surface area contributed by atoms with Crippen LogP contribution in [0.15, 0.2) is 0 Å². The standard InChI is InChI=1S/CH5O3Si.K/c1-5(2,3)4;/h2-3H,1H3;/q-1;+1. The van der Waals surface area contributed by atoms with Gasteiger partial charge in [0.1, 0.15) is 0 Å². The molecule has 0 heterocycles. The minimum atomic E-state index is -3.86. The van der Waals surface area contributed by atoms with E-state index in [1.807, 2.05) is 0 Å². The molecule has 0 aliphatic rings. The Bertz CT molecular complexity index is 26.3. The first-order valence-corrected chi connectivity index (χ1v) is 3.45. The molecule has 0 atom stereocenters. The van der Waals surface area contributed by atoms with Crippen LogP contribution in [0.25, 0.3) is 0 Å². The molecule has 0 bridgehead atoms. The third-order valence-electron chi connectivity index (χ3n) is 0. The molecule has 0 aromatic rings. The van der Waals surface area contributed by atoms with Gasteiger partial charge in [-0.15, -0.1) is 0 Å². The molecule has 5 heteroatoms. The Morgan fingerprint density at radius 1 is 1.50 bits per heavy atom. The SMILES string of the molecule is C[Si]([O-])(O)O.[K+]. The van der Waals surface area contributed by atoms with Crippen LogP contribution in [0, 0.1) is 0 Å². The Hall–Kier alpha value is 1.73. The summed E-state index contributed by atoms with van der Waals surface area (Å²) in [5.41, 5.74) is 0. The van der Waals surface area contributed by atoms with Crippen LogP contribution in [-0.4, -0.2) is 18.4 Å². The molecule has 0 aliphatic heterocycles. The van der Waals surface area contributed by atoms with E-state index in [2.05, 4.69) is 0 Å². The van der Waals surface area contributed by atoms with Gasteiger partial charge in [0.2, 0.25) is 8.80 Å². The smallest absolute Gasteiger partial charge is 0.817 e. The Kier molecular flexibility index (Phi) is 6.58. The first kappa shape index (κ1) is 10.7. The topological polar surface area (TPSA) is 63.5 Å². The summed E-state index contributed by atoms with van der Waals surface area (Å²) in [5, 5.41) is 0. The van der Waals surface area contributed by atoms with Crippen molar-refractivity contribution in [2.24, 2.45) is 0 Å². The van der Waals surface area contributed by atoms with Gasteiger partial charge in [0.05, 0.1) is 0 Å². The van der Waals surface area contributed by atoms with Gasteiger partial charge in [-0.2, -0.15) is 0 Å². The molecule has 32 valence electrons. The first-order valence-electron chi connectivity index (χ1n) is 1.15. The minimum absolute atomic E-state index is 0. The van der Waals surface area contributed by atoms with E-state index in [-0.39, 0.29) is 51.4 Å². The summed E-state index contributed by atoms with van der Waals surface area (Å²) in [7, 11) is -3.86. The fraction of sp³-hybridized carbons (Fsp3) is 1.00. The fourth-order valence-corrected chi connectivity index (χ4v) is 0. The van der Waals surface area contributed by atoms with Crippen molar-refractivity contribution >= 4 is 8.80 Å². The predicted molar refractivity (Wildman–Crippen MR) is 16.1 cm³/mol. The summed E-state index contributed by atoms with van der Waals surface area (Å²) < 4.78 is 0. The average Bonchev–Trinajstić information content (AvgIpc) is 0.722. The van der Waals surface area contributed by atoms with Gasteiger partial charge in [0.25, 0.3) is 0 Å². The van der Waals surface area contributed by atoms with Crippen LogP contribution in [0.2, 0.25) is 6.55 Å². The first-order chi connectivity index (χ1) is 2.00. The van der Waals surface area contributed by atoms with E-state index in [4.69, 9.17) is 9.59 Å². The Morgan fingerprint density at radius 3 is 1.50 bits per heavy atom. The summed E-state index contributed by atoms with van der Waals surface area (Å²) in [4.78, 5) is 24.7. The van der Waals surface area contributed by atoms with Gasteiger partial charge in [-0.3, -0.25) is 0 Å². The molecule has 0 aromatic carbocycles. The maximum absolute atomic E-state index is 9.35. The molecule has 0 amide bonds. The molecule has 0 saturated carbocycles. The third kappa shape index (κ3) is 42.8. The number of hydrogen-bond acceptors (Lipinski definition) is 3. The van der Waals surface area contributed by atoms with Gasteiger partial charge in [-0.05, 0) is 6.55 Å². The molecule has 0 aliphatic carbocycles. The summed E-state index contributed by atoms with van der Waals surface area (Å²) in [6.07, 6.45) is 0. The van der Waals surface area contributed by atoms with Crippen molar-refractivity contribution in [1.82, 2.24) is 0 Å². The van der Waals surface area contributed by atoms with E-state index in [1.54, 1.807) is 0 Å². The van der Waals surface area contributed by atoms with Crippen LogP contribution in [0.4, 0.5) is 0 Å². The molecule has 0 saturated heterocycles. The molecule has 3 nitrogen and oxygen atoms in total. The van der Waals surface area contributed by atoms with Crippen molar-refractivity contribution in [3.63, 3.8) is 0 Å². The van der Waals surface area contributed by atoms with Crippen molar-refractivity contribution in [1.29, 1.82) is 0 Å². The van der Waals surface area contributed by atoms with Crippen LogP contribution in [0.1, 0.15) is 0 Å². The van der Waals surface area contributed by atoms with Crippen molar-refractivity contribution in [2.75, 3.05) is 0 Å². The van der Waals surface area contributed by atoms with Gasteiger partial charge in [-0.1, -0.05) is 0 Å². The van der Waals surface area contributed by atoms with E-state index in [1.165, 1.54) is 0 Å². The number of rotatable bonds is 0. The molecular formula is CH5KO3Si. The zero-order chi connectivity index (χ0) is 4.50. The Morgan fingerprint density at radius 2 is 1.50 bits per heavy atom. The van der Waals surface area contributed by atoms with Gasteiger partial charge in [0.15, 0.2) is 0 Å². The van der Waals surface area contributed by atoms with Crippen molar-refractivity contribution in [2.45, 2.75) is 6.55 Å². The van der Waals surface area contributed by atoms with Crippen molar-refractivity contribution in [3.05, 3.63) is 0 Å². The summed E-state index contributed by atoms with van der Waals surface area (Å²) in [6, 6.07) is 0. The molecule has 2 N–H and O–H groups in total. The Balaban J connectivity index is 0. The second-order valence-electron chi connectivity index (χ2n) is 0.934. The Labute approximate surface area is 79.8 Å². The molecule has 0 aromatic heterocycles. The van der Waals surface area contributed by atoms with Gasteiger partial charge in [-0.25, -0.2) is 0 Å². The van der Waals surface area contributed by atoms with E-state index in [0.29, 0.717) is 0 Å². The third-order valence-corrected chi connectivity index (χ3v) is 0.